The van der Waals surface area contributed by atoms with Crippen molar-refractivity contribution in [2.75, 3.05) is 5.73 Å². The maximum absolute atomic E-state index is 11.2. The van der Waals surface area contributed by atoms with Gasteiger partial charge < -0.3 is 10.7 Å². The van der Waals surface area contributed by atoms with Crippen LogP contribution < -0.4 is 11.3 Å². The largest absolute Gasteiger partial charge is 0.398 e. The Kier molecular flexibility index (Phi) is 3.31. The fourth-order valence-electron chi connectivity index (χ4n) is 1.35. The molecule has 0 atom stereocenters. The Balaban J connectivity index is 2.08. The highest BCUT2D eigenvalue weighted by atomic mass is 32.2. The molecule has 3 N–H and O–H groups in total. The van der Waals surface area contributed by atoms with Crippen molar-refractivity contribution >= 4 is 17.4 Å². The van der Waals surface area contributed by atoms with Crippen LogP contribution in [0.25, 0.3) is 0 Å². The third kappa shape index (κ3) is 2.90. The minimum Gasteiger partial charge on any atom is -0.398 e. The number of hydrogen-bond donors (Lipinski definition) is 2. The topological polar surface area (TPSA) is 58.9 Å². The van der Waals surface area contributed by atoms with Gasteiger partial charge in [0.2, 0.25) is 0 Å². The quantitative estimate of drug-likeness (QED) is 0.798. The van der Waals surface area contributed by atoms with Crippen LogP contribution in [0.3, 0.4) is 0 Å². The molecule has 0 aliphatic rings. The van der Waals surface area contributed by atoms with Crippen molar-refractivity contribution in [3.05, 3.63) is 58.4 Å². The second-order valence-corrected chi connectivity index (χ2v) is 4.43. The number of anilines is 1. The van der Waals surface area contributed by atoms with Gasteiger partial charge in [-0.25, -0.2) is 0 Å². The highest BCUT2D eigenvalue weighted by molar-refractivity contribution is 7.98. The maximum Gasteiger partial charge on any atom is 0.250 e. The lowest BCUT2D eigenvalue weighted by atomic mass is 10.2. The summed E-state index contributed by atoms with van der Waals surface area (Å²) in [5, 5.41) is 0.800. The number of nitrogen functional groups attached to an aromatic ring is 1. The lowest BCUT2D eigenvalue weighted by Gasteiger charge is -2.02. The zero-order chi connectivity index (χ0) is 11.4. The summed E-state index contributed by atoms with van der Waals surface area (Å²) in [6.45, 7) is 0. The molecule has 82 valence electrons. The molecular weight excluding hydrogens is 220 g/mol. The molecule has 1 heterocycles. The van der Waals surface area contributed by atoms with Gasteiger partial charge in [-0.3, -0.25) is 4.79 Å². The first-order valence-corrected chi connectivity index (χ1v) is 5.89. The zero-order valence-corrected chi connectivity index (χ0v) is 9.46. The van der Waals surface area contributed by atoms with Crippen LogP contribution in [-0.2, 0) is 5.75 Å². The standard InChI is InChI=1S/C12H12N2OS/c13-10-6-11(15)14-12(7-10)16-8-9-4-2-1-3-5-9/h1-7H,8H2,(H3,13,14,15). The number of thioether (sulfide) groups is 1. The lowest BCUT2D eigenvalue weighted by Crippen LogP contribution is -2.06. The fourth-order valence-corrected chi connectivity index (χ4v) is 2.26. The average Bonchev–Trinajstić information content (AvgIpc) is 2.27. The van der Waals surface area contributed by atoms with Crippen molar-refractivity contribution in [1.82, 2.24) is 4.98 Å². The summed E-state index contributed by atoms with van der Waals surface area (Å²) in [4.78, 5) is 13.9. The molecule has 1 aromatic heterocycles. The number of nitrogens with one attached hydrogen (secondary N) is 1. The number of benzene rings is 1. The van der Waals surface area contributed by atoms with E-state index in [9.17, 15) is 4.79 Å². The van der Waals surface area contributed by atoms with Gasteiger partial charge in [0.15, 0.2) is 0 Å². The third-order valence-electron chi connectivity index (χ3n) is 2.08. The van der Waals surface area contributed by atoms with Crippen LogP contribution in [0.5, 0.6) is 0 Å². The number of rotatable bonds is 3. The molecule has 2 aromatic rings. The number of nitrogens with two attached hydrogens (primary N) is 1. The van der Waals surface area contributed by atoms with E-state index in [1.54, 1.807) is 17.8 Å². The molecule has 4 heteroatoms. The zero-order valence-electron chi connectivity index (χ0n) is 8.64. The molecule has 0 amide bonds. The molecule has 0 unspecified atom stereocenters. The first-order chi connectivity index (χ1) is 7.74. The molecule has 1 aromatic carbocycles. The number of H-pyrrole nitrogens is 1. The minimum atomic E-state index is -0.157. The average molecular weight is 232 g/mol. The molecule has 0 saturated heterocycles. The third-order valence-corrected chi connectivity index (χ3v) is 3.09. The molecule has 0 radical (unpaired) electrons. The highest BCUT2D eigenvalue weighted by Gasteiger charge is 1.98. The van der Waals surface area contributed by atoms with Gasteiger partial charge in [-0.2, -0.15) is 0 Å². The Labute approximate surface area is 97.7 Å². The molecule has 2 rings (SSSR count). The predicted molar refractivity (Wildman–Crippen MR) is 67.5 cm³/mol. The van der Waals surface area contributed by atoms with Crippen LogP contribution >= 0.6 is 11.8 Å². The Morgan fingerprint density at radius 3 is 2.62 bits per heavy atom. The van der Waals surface area contributed by atoms with Crippen LogP contribution in [0.2, 0.25) is 0 Å². The molecule has 0 spiro atoms. The molecule has 3 nitrogen and oxygen atoms in total. The summed E-state index contributed by atoms with van der Waals surface area (Å²) < 4.78 is 0. The van der Waals surface area contributed by atoms with Crippen LogP contribution in [0.4, 0.5) is 5.69 Å². The summed E-state index contributed by atoms with van der Waals surface area (Å²) in [6, 6.07) is 13.2. The summed E-state index contributed by atoms with van der Waals surface area (Å²) >= 11 is 1.57. The predicted octanol–water partition coefficient (Wildman–Crippen LogP) is 2.25. The smallest absolute Gasteiger partial charge is 0.250 e. The second-order valence-electron chi connectivity index (χ2n) is 3.42. The van der Waals surface area contributed by atoms with Crippen molar-refractivity contribution in [2.45, 2.75) is 10.8 Å². The van der Waals surface area contributed by atoms with Crippen molar-refractivity contribution < 1.29 is 0 Å². The fraction of sp³-hybridized carbons (Fsp3) is 0.0833. The molecule has 0 bridgehead atoms. The van der Waals surface area contributed by atoms with E-state index in [0.29, 0.717) is 5.69 Å². The van der Waals surface area contributed by atoms with E-state index in [0.717, 1.165) is 10.8 Å². The van der Waals surface area contributed by atoms with Crippen molar-refractivity contribution in [2.24, 2.45) is 0 Å². The van der Waals surface area contributed by atoms with E-state index < -0.39 is 0 Å². The van der Waals surface area contributed by atoms with Gasteiger partial charge >= 0.3 is 0 Å². The minimum absolute atomic E-state index is 0.157. The molecular formula is C12H12N2OS. The van der Waals surface area contributed by atoms with E-state index in [2.05, 4.69) is 17.1 Å². The van der Waals surface area contributed by atoms with Crippen LogP contribution in [0.1, 0.15) is 5.56 Å². The van der Waals surface area contributed by atoms with Gasteiger partial charge in [-0.15, -0.1) is 11.8 Å². The Bertz CT molecular complexity index is 522. The summed E-state index contributed by atoms with van der Waals surface area (Å²) in [5.74, 6) is 0.820. The summed E-state index contributed by atoms with van der Waals surface area (Å²) in [6.07, 6.45) is 0. The van der Waals surface area contributed by atoms with Gasteiger partial charge in [-0.1, -0.05) is 30.3 Å². The normalized spacial score (nSPS) is 10.2. The number of aromatic amines is 1. The van der Waals surface area contributed by atoms with Crippen molar-refractivity contribution in [3.8, 4) is 0 Å². The number of hydrogen-bond acceptors (Lipinski definition) is 3. The van der Waals surface area contributed by atoms with Crippen molar-refractivity contribution in [3.63, 3.8) is 0 Å². The van der Waals surface area contributed by atoms with Gasteiger partial charge in [0.05, 0.1) is 5.03 Å². The van der Waals surface area contributed by atoms with Gasteiger partial charge in [0.25, 0.3) is 5.56 Å². The highest BCUT2D eigenvalue weighted by Crippen LogP contribution is 2.20. The van der Waals surface area contributed by atoms with E-state index in [1.807, 2.05) is 18.2 Å². The van der Waals surface area contributed by atoms with E-state index in [-0.39, 0.29) is 5.56 Å². The second kappa shape index (κ2) is 4.90. The van der Waals surface area contributed by atoms with E-state index >= 15 is 0 Å². The molecule has 0 aliphatic heterocycles. The maximum atomic E-state index is 11.2. The lowest BCUT2D eigenvalue weighted by molar-refractivity contribution is 1.08. The van der Waals surface area contributed by atoms with E-state index in [4.69, 9.17) is 5.73 Å². The van der Waals surface area contributed by atoms with Crippen LogP contribution in [0.15, 0.2) is 52.3 Å². The van der Waals surface area contributed by atoms with Gasteiger partial charge in [0.1, 0.15) is 0 Å². The van der Waals surface area contributed by atoms with Crippen molar-refractivity contribution in [1.29, 1.82) is 0 Å². The Morgan fingerprint density at radius 2 is 1.94 bits per heavy atom. The SMILES string of the molecule is Nc1cc(SCc2ccccc2)[nH]c(=O)c1. The molecule has 0 saturated carbocycles. The van der Waals surface area contributed by atoms with Gasteiger partial charge in [-0.05, 0) is 11.6 Å². The number of aromatic nitrogens is 1. The monoisotopic (exact) mass is 232 g/mol. The first-order valence-electron chi connectivity index (χ1n) is 4.90. The first kappa shape index (κ1) is 10.8. The summed E-state index contributed by atoms with van der Waals surface area (Å²) in [7, 11) is 0. The molecule has 0 aliphatic carbocycles. The van der Waals surface area contributed by atoms with E-state index in [1.165, 1.54) is 11.6 Å². The van der Waals surface area contributed by atoms with Crippen LogP contribution in [0, 0.1) is 0 Å². The number of pyridine rings is 1. The Hall–Kier alpha value is -1.68. The molecule has 0 fully saturated rings. The Morgan fingerprint density at radius 1 is 1.19 bits per heavy atom. The molecule has 16 heavy (non-hydrogen) atoms. The summed E-state index contributed by atoms with van der Waals surface area (Å²) in [5.41, 5.74) is 7.16. The van der Waals surface area contributed by atoms with Gasteiger partial charge in [0, 0.05) is 17.5 Å². The van der Waals surface area contributed by atoms with Crippen LogP contribution in [-0.4, -0.2) is 4.98 Å².